The fourth-order valence-electron chi connectivity index (χ4n) is 2.12. The van der Waals surface area contributed by atoms with Gasteiger partial charge in [0.05, 0.1) is 18.6 Å². The Kier molecular flexibility index (Phi) is 2.29. The first-order valence-corrected chi connectivity index (χ1v) is 5.62. The van der Waals surface area contributed by atoms with Gasteiger partial charge < -0.3 is 14.3 Å². The summed E-state index contributed by atoms with van der Waals surface area (Å²) >= 11 is 0. The Balaban J connectivity index is 1.91. The first-order valence-electron chi connectivity index (χ1n) is 5.62. The van der Waals surface area contributed by atoms with Crippen molar-refractivity contribution in [1.29, 1.82) is 0 Å². The molecule has 0 spiro atoms. The maximum atomic E-state index is 5.44. The minimum Gasteiger partial charge on any atom is -0.467 e. The topological polar surface area (TPSA) is 43.0 Å². The van der Waals surface area contributed by atoms with Crippen LogP contribution in [-0.2, 0) is 0 Å². The molecule has 2 aromatic rings. The molecule has 2 aromatic heterocycles. The molecule has 1 saturated heterocycles. The lowest BCUT2D eigenvalue weighted by Crippen LogP contribution is -2.41. The quantitative estimate of drug-likeness (QED) is 0.852. The van der Waals surface area contributed by atoms with Crippen molar-refractivity contribution in [3.05, 3.63) is 42.4 Å². The molecule has 4 nitrogen and oxygen atoms in total. The molecular formula is C12H15N3O. The van der Waals surface area contributed by atoms with Gasteiger partial charge in [0.2, 0.25) is 0 Å². The average molecular weight is 217 g/mol. The van der Waals surface area contributed by atoms with Crippen molar-refractivity contribution in [2.24, 2.45) is 0 Å². The molecule has 0 radical (unpaired) electrons. The Hall–Kier alpha value is -1.55. The van der Waals surface area contributed by atoms with Crippen LogP contribution < -0.4 is 5.32 Å². The molecule has 1 fully saturated rings. The number of aromatic nitrogens is 2. The zero-order chi connectivity index (χ0) is 11.0. The number of hydrogen-bond acceptors (Lipinski definition) is 3. The molecule has 84 valence electrons. The molecule has 0 aliphatic carbocycles. The van der Waals surface area contributed by atoms with Gasteiger partial charge in [0.15, 0.2) is 0 Å². The van der Waals surface area contributed by atoms with E-state index in [2.05, 4.69) is 21.8 Å². The molecule has 1 unspecified atom stereocenters. The lowest BCUT2D eigenvalue weighted by Gasteiger charge is -2.29. The minimum absolute atomic E-state index is 0.216. The van der Waals surface area contributed by atoms with Crippen LogP contribution in [0.1, 0.15) is 30.3 Å². The Morgan fingerprint density at radius 2 is 2.44 bits per heavy atom. The number of rotatable bonds is 3. The summed E-state index contributed by atoms with van der Waals surface area (Å²) in [6.07, 6.45) is 5.57. The predicted molar refractivity (Wildman–Crippen MR) is 60.4 cm³/mol. The Morgan fingerprint density at radius 1 is 1.56 bits per heavy atom. The molecule has 1 aliphatic heterocycles. The second-order valence-corrected chi connectivity index (χ2v) is 4.27. The molecule has 3 rings (SSSR count). The van der Waals surface area contributed by atoms with Crippen LogP contribution in [0.5, 0.6) is 0 Å². The van der Waals surface area contributed by atoms with Gasteiger partial charge in [-0.15, -0.1) is 0 Å². The van der Waals surface area contributed by atoms with Crippen LogP contribution in [0.4, 0.5) is 0 Å². The van der Waals surface area contributed by atoms with Crippen LogP contribution in [0, 0.1) is 0 Å². The van der Waals surface area contributed by atoms with Gasteiger partial charge in [-0.25, -0.2) is 4.98 Å². The van der Waals surface area contributed by atoms with Crippen LogP contribution in [-0.4, -0.2) is 22.6 Å². The first kappa shape index (κ1) is 9.66. The summed E-state index contributed by atoms with van der Waals surface area (Å²) in [6, 6.07) is 4.15. The van der Waals surface area contributed by atoms with Crippen LogP contribution in [0.3, 0.4) is 0 Å². The van der Waals surface area contributed by atoms with Crippen molar-refractivity contribution < 1.29 is 4.42 Å². The molecule has 4 heteroatoms. The maximum absolute atomic E-state index is 5.44. The monoisotopic (exact) mass is 217 g/mol. The van der Waals surface area contributed by atoms with E-state index >= 15 is 0 Å². The van der Waals surface area contributed by atoms with Crippen LogP contribution in [0.2, 0.25) is 0 Å². The molecule has 1 N–H and O–H groups in total. The van der Waals surface area contributed by atoms with Gasteiger partial charge in [0.25, 0.3) is 0 Å². The summed E-state index contributed by atoms with van der Waals surface area (Å²) in [4.78, 5) is 4.25. The first-order chi connectivity index (χ1) is 7.86. The average Bonchev–Trinajstić information content (AvgIpc) is 2.84. The van der Waals surface area contributed by atoms with Crippen molar-refractivity contribution in [2.45, 2.75) is 18.9 Å². The molecule has 0 bridgehead atoms. The maximum Gasteiger partial charge on any atom is 0.126 e. The van der Waals surface area contributed by atoms with E-state index in [1.54, 1.807) is 6.26 Å². The summed E-state index contributed by atoms with van der Waals surface area (Å²) in [7, 11) is 0. The van der Waals surface area contributed by atoms with Gasteiger partial charge in [-0.05, 0) is 19.1 Å². The Labute approximate surface area is 94.3 Å². The fourth-order valence-corrected chi connectivity index (χ4v) is 2.12. The van der Waals surface area contributed by atoms with Gasteiger partial charge >= 0.3 is 0 Å². The standard InChI is InChI=1S/C12H15N3O/c1-9(12-3-2-4-16-12)15-8-14-7-11(15)10-5-13-6-10/h2-4,7-10,13H,5-6H2,1H3. The van der Waals surface area contributed by atoms with E-state index in [1.165, 1.54) is 5.69 Å². The largest absolute Gasteiger partial charge is 0.467 e. The smallest absolute Gasteiger partial charge is 0.126 e. The highest BCUT2D eigenvalue weighted by Crippen LogP contribution is 2.26. The van der Waals surface area contributed by atoms with Gasteiger partial charge in [0, 0.05) is 30.9 Å². The molecule has 16 heavy (non-hydrogen) atoms. The summed E-state index contributed by atoms with van der Waals surface area (Å²) in [5.41, 5.74) is 1.29. The Morgan fingerprint density at radius 3 is 3.06 bits per heavy atom. The van der Waals surface area contributed by atoms with Gasteiger partial charge in [-0.1, -0.05) is 0 Å². The lowest BCUT2D eigenvalue weighted by molar-refractivity contribution is 0.395. The number of imidazole rings is 1. The predicted octanol–water partition coefficient (Wildman–Crippen LogP) is 1.77. The lowest BCUT2D eigenvalue weighted by atomic mass is 9.99. The van der Waals surface area contributed by atoms with Gasteiger partial charge in [-0.2, -0.15) is 0 Å². The molecule has 1 atom stereocenters. The van der Waals surface area contributed by atoms with E-state index in [0.717, 1.165) is 18.8 Å². The van der Waals surface area contributed by atoms with E-state index in [0.29, 0.717) is 5.92 Å². The minimum atomic E-state index is 0.216. The number of nitrogens with zero attached hydrogens (tertiary/aromatic N) is 2. The van der Waals surface area contributed by atoms with Gasteiger partial charge in [0.1, 0.15) is 5.76 Å². The number of furan rings is 1. The van der Waals surface area contributed by atoms with E-state index < -0.39 is 0 Å². The third-order valence-electron chi connectivity index (χ3n) is 3.27. The summed E-state index contributed by atoms with van der Waals surface area (Å²) in [6.45, 7) is 4.24. The van der Waals surface area contributed by atoms with Crippen molar-refractivity contribution in [3.63, 3.8) is 0 Å². The van der Waals surface area contributed by atoms with Crippen molar-refractivity contribution in [3.8, 4) is 0 Å². The van der Waals surface area contributed by atoms with Crippen molar-refractivity contribution in [2.75, 3.05) is 13.1 Å². The highest BCUT2D eigenvalue weighted by molar-refractivity contribution is 5.16. The highest BCUT2D eigenvalue weighted by Gasteiger charge is 2.24. The SMILES string of the molecule is CC(c1ccco1)n1cncc1C1CNC1. The second kappa shape index (κ2) is 3.79. The third kappa shape index (κ3) is 1.46. The zero-order valence-electron chi connectivity index (χ0n) is 9.26. The fraction of sp³-hybridized carbons (Fsp3) is 0.417. The molecule has 1 aliphatic rings. The van der Waals surface area contributed by atoms with Gasteiger partial charge in [-0.3, -0.25) is 0 Å². The summed E-state index contributed by atoms with van der Waals surface area (Å²) in [5.74, 6) is 1.58. The molecule has 0 aromatic carbocycles. The normalized spacial score (nSPS) is 18.3. The van der Waals surface area contributed by atoms with Crippen LogP contribution in [0.15, 0.2) is 35.3 Å². The number of nitrogens with one attached hydrogen (secondary N) is 1. The van der Waals surface area contributed by atoms with Crippen LogP contribution >= 0.6 is 0 Å². The number of hydrogen-bond donors (Lipinski definition) is 1. The van der Waals surface area contributed by atoms with Crippen LogP contribution in [0.25, 0.3) is 0 Å². The molecular weight excluding hydrogens is 202 g/mol. The molecule has 3 heterocycles. The van der Waals surface area contributed by atoms with Crippen molar-refractivity contribution >= 4 is 0 Å². The molecule has 0 amide bonds. The highest BCUT2D eigenvalue weighted by atomic mass is 16.3. The molecule has 0 saturated carbocycles. The van der Waals surface area contributed by atoms with Crippen molar-refractivity contribution in [1.82, 2.24) is 14.9 Å². The van der Waals surface area contributed by atoms with E-state index in [4.69, 9.17) is 4.42 Å². The summed E-state index contributed by atoms with van der Waals surface area (Å²) < 4.78 is 7.64. The Bertz CT molecular complexity index is 456. The van der Waals surface area contributed by atoms with E-state index in [-0.39, 0.29) is 6.04 Å². The second-order valence-electron chi connectivity index (χ2n) is 4.27. The third-order valence-corrected chi connectivity index (χ3v) is 3.27. The van der Waals surface area contributed by atoms with E-state index in [9.17, 15) is 0 Å². The summed E-state index contributed by atoms with van der Waals surface area (Å²) in [5, 5.41) is 3.29. The van der Waals surface area contributed by atoms with E-state index in [1.807, 2.05) is 24.7 Å². The zero-order valence-corrected chi connectivity index (χ0v) is 9.26.